The highest BCUT2D eigenvalue weighted by atomic mass is 19.4. The number of ether oxygens (including phenoxy) is 1. The first-order chi connectivity index (χ1) is 7.74. The molecular weight excluding hydrogens is 255 g/mol. The first kappa shape index (κ1) is 13.1. The number of alkyl halides is 4. The van der Waals surface area contributed by atoms with Crippen molar-refractivity contribution in [3.05, 3.63) is 27.7 Å². The molecule has 0 saturated heterocycles. The zero-order valence-corrected chi connectivity index (χ0v) is 7.79. The van der Waals surface area contributed by atoms with E-state index in [9.17, 15) is 32.1 Å². The number of nitro groups is 1. The largest absolute Gasteiger partial charge is 0.573 e. The van der Waals surface area contributed by atoms with E-state index in [1.807, 2.05) is 0 Å². The smallest absolute Gasteiger partial charge is 0.397 e. The predicted molar refractivity (Wildman–Crippen MR) is 42.3 cm³/mol. The third-order valence-electron chi connectivity index (χ3n) is 1.54. The van der Waals surface area contributed by atoms with Crippen LogP contribution in [-0.2, 0) is 6.67 Å². The van der Waals surface area contributed by atoms with E-state index in [4.69, 9.17) is 0 Å². The Morgan fingerprint density at radius 2 is 2.06 bits per heavy atom. The first-order valence-electron chi connectivity index (χ1n) is 3.90. The van der Waals surface area contributed by atoms with E-state index in [-0.39, 0.29) is 6.07 Å². The molecule has 0 amide bonds. The standard InChI is InChI=1S/C7H3F5N2O3/c8-2-3-1-4(17-7(10,11)12)6(14(15)16)13-5(3)9/h1H,2H2. The lowest BCUT2D eigenvalue weighted by molar-refractivity contribution is -0.393. The summed E-state index contributed by atoms with van der Waals surface area (Å²) in [4.78, 5) is 11.5. The normalized spacial score (nSPS) is 11.4. The Balaban J connectivity index is 3.29. The summed E-state index contributed by atoms with van der Waals surface area (Å²) >= 11 is 0. The summed E-state index contributed by atoms with van der Waals surface area (Å²) in [5, 5.41) is 10.3. The molecule has 0 spiro atoms. The lowest BCUT2D eigenvalue weighted by Gasteiger charge is -2.09. The number of pyridine rings is 1. The quantitative estimate of drug-likeness (QED) is 0.361. The Labute approximate surface area is 90.0 Å². The van der Waals surface area contributed by atoms with Crippen molar-refractivity contribution in [3.63, 3.8) is 0 Å². The molecule has 1 rings (SSSR count). The molecule has 0 saturated carbocycles. The molecule has 1 heterocycles. The van der Waals surface area contributed by atoms with Crippen molar-refractivity contribution in [1.82, 2.24) is 4.98 Å². The third-order valence-corrected chi connectivity index (χ3v) is 1.54. The van der Waals surface area contributed by atoms with Crippen LogP contribution in [0.1, 0.15) is 5.56 Å². The number of nitrogens with zero attached hydrogens (tertiary/aromatic N) is 2. The van der Waals surface area contributed by atoms with Gasteiger partial charge in [0.2, 0.25) is 5.75 Å². The van der Waals surface area contributed by atoms with Crippen LogP contribution in [0.5, 0.6) is 5.75 Å². The van der Waals surface area contributed by atoms with Gasteiger partial charge in [-0.25, -0.2) is 4.39 Å². The molecule has 0 bridgehead atoms. The molecule has 0 fully saturated rings. The average Bonchev–Trinajstić information content (AvgIpc) is 2.17. The van der Waals surface area contributed by atoms with Crippen LogP contribution in [0.25, 0.3) is 0 Å². The lowest BCUT2D eigenvalue weighted by Crippen LogP contribution is -2.18. The fraction of sp³-hybridized carbons (Fsp3) is 0.286. The van der Waals surface area contributed by atoms with Crippen LogP contribution >= 0.6 is 0 Å². The second-order valence-electron chi connectivity index (χ2n) is 2.70. The molecule has 17 heavy (non-hydrogen) atoms. The number of hydrogen-bond donors (Lipinski definition) is 0. The fourth-order valence-electron chi connectivity index (χ4n) is 0.927. The molecule has 0 aliphatic rings. The van der Waals surface area contributed by atoms with Gasteiger partial charge < -0.3 is 14.9 Å². The Morgan fingerprint density at radius 1 is 1.47 bits per heavy atom. The Hall–Kier alpha value is -2.00. The zero-order chi connectivity index (χ0) is 13.2. The number of aromatic nitrogens is 1. The van der Waals surface area contributed by atoms with Crippen molar-refractivity contribution in [2.24, 2.45) is 0 Å². The van der Waals surface area contributed by atoms with Crippen molar-refractivity contribution in [1.29, 1.82) is 0 Å². The van der Waals surface area contributed by atoms with Gasteiger partial charge in [0.25, 0.3) is 0 Å². The highest BCUT2D eigenvalue weighted by Gasteiger charge is 2.36. The van der Waals surface area contributed by atoms with Gasteiger partial charge in [-0.15, -0.1) is 13.2 Å². The van der Waals surface area contributed by atoms with Crippen LogP contribution in [0.2, 0.25) is 0 Å². The Morgan fingerprint density at radius 3 is 2.47 bits per heavy atom. The third kappa shape index (κ3) is 3.23. The van der Waals surface area contributed by atoms with Gasteiger partial charge in [0.05, 0.1) is 5.56 Å². The topological polar surface area (TPSA) is 65.3 Å². The van der Waals surface area contributed by atoms with Crippen LogP contribution in [0.3, 0.4) is 0 Å². The lowest BCUT2D eigenvalue weighted by atomic mass is 10.3. The molecule has 0 aromatic carbocycles. The molecule has 1 aromatic rings. The number of rotatable bonds is 3. The molecule has 1 aromatic heterocycles. The minimum absolute atomic E-state index is 0.244. The Kier molecular flexibility index (Phi) is 3.44. The number of halogens is 5. The van der Waals surface area contributed by atoms with Gasteiger partial charge in [-0.3, -0.25) is 0 Å². The first-order valence-corrected chi connectivity index (χ1v) is 3.90. The molecule has 94 valence electrons. The molecule has 0 aliphatic carbocycles. The molecule has 0 aliphatic heterocycles. The molecule has 0 radical (unpaired) electrons. The van der Waals surface area contributed by atoms with Gasteiger partial charge in [0.1, 0.15) is 6.67 Å². The summed E-state index contributed by atoms with van der Waals surface area (Å²) in [5.74, 6) is -4.40. The van der Waals surface area contributed by atoms with Crippen molar-refractivity contribution < 1.29 is 31.6 Å². The van der Waals surface area contributed by atoms with Crippen LogP contribution in [0.4, 0.5) is 27.8 Å². The highest BCUT2D eigenvalue weighted by Crippen LogP contribution is 2.32. The highest BCUT2D eigenvalue weighted by molar-refractivity contribution is 5.42. The van der Waals surface area contributed by atoms with Crippen molar-refractivity contribution in [2.75, 3.05) is 0 Å². The van der Waals surface area contributed by atoms with E-state index in [0.717, 1.165) is 0 Å². The maximum Gasteiger partial charge on any atom is 0.573 e. The SMILES string of the molecule is O=[N+]([O-])c1nc(F)c(CF)cc1OC(F)(F)F. The van der Waals surface area contributed by atoms with Crippen LogP contribution in [0, 0.1) is 16.1 Å². The van der Waals surface area contributed by atoms with Gasteiger partial charge in [0, 0.05) is 6.07 Å². The second kappa shape index (κ2) is 4.47. The van der Waals surface area contributed by atoms with Crippen molar-refractivity contribution in [2.45, 2.75) is 13.0 Å². The molecule has 0 unspecified atom stereocenters. The van der Waals surface area contributed by atoms with Crippen LogP contribution < -0.4 is 4.74 Å². The molecule has 0 atom stereocenters. The maximum atomic E-state index is 12.8. The van der Waals surface area contributed by atoms with Crippen molar-refractivity contribution >= 4 is 5.82 Å². The summed E-state index contributed by atoms with van der Waals surface area (Å²) in [6.45, 7) is -1.47. The average molecular weight is 258 g/mol. The fourth-order valence-corrected chi connectivity index (χ4v) is 0.927. The van der Waals surface area contributed by atoms with E-state index in [1.54, 1.807) is 0 Å². The van der Waals surface area contributed by atoms with Crippen molar-refractivity contribution in [3.8, 4) is 5.75 Å². The summed E-state index contributed by atoms with van der Waals surface area (Å²) in [5.41, 5.74) is -0.866. The summed E-state index contributed by atoms with van der Waals surface area (Å²) in [6.07, 6.45) is -5.22. The molecular formula is C7H3F5N2O3. The van der Waals surface area contributed by atoms with Crippen LogP contribution in [-0.4, -0.2) is 16.3 Å². The molecule has 5 nitrogen and oxygen atoms in total. The summed E-state index contributed by atoms with van der Waals surface area (Å²) < 4.78 is 63.8. The molecule has 0 N–H and O–H groups in total. The van der Waals surface area contributed by atoms with Gasteiger partial charge >= 0.3 is 18.1 Å². The minimum Gasteiger partial charge on any atom is -0.397 e. The van der Waals surface area contributed by atoms with E-state index in [1.165, 1.54) is 0 Å². The van der Waals surface area contributed by atoms with Gasteiger partial charge in [-0.1, -0.05) is 0 Å². The zero-order valence-electron chi connectivity index (χ0n) is 7.79. The monoisotopic (exact) mass is 258 g/mol. The second-order valence-corrected chi connectivity index (χ2v) is 2.70. The van der Waals surface area contributed by atoms with E-state index in [0.29, 0.717) is 0 Å². The van der Waals surface area contributed by atoms with E-state index >= 15 is 0 Å². The van der Waals surface area contributed by atoms with E-state index < -0.39 is 41.0 Å². The Bertz CT molecular complexity index is 448. The van der Waals surface area contributed by atoms with Gasteiger partial charge in [0.15, 0.2) is 0 Å². The summed E-state index contributed by atoms with van der Waals surface area (Å²) in [6, 6.07) is 0.244. The van der Waals surface area contributed by atoms with Gasteiger partial charge in [-0.2, -0.15) is 4.39 Å². The molecule has 10 heteroatoms. The number of hydrogen-bond acceptors (Lipinski definition) is 4. The van der Waals surface area contributed by atoms with Crippen LogP contribution in [0.15, 0.2) is 6.07 Å². The predicted octanol–water partition coefficient (Wildman–Crippen LogP) is 2.50. The van der Waals surface area contributed by atoms with Gasteiger partial charge in [-0.05, 0) is 9.91 Å². The summed E-state index contributed by atoms with van der Waals surface area (Å²) in [7, 11) is 0. The maximum absolute atomic E-state index is 12.8. The minimum atomic E-state index is -5.22. The van der Waals surface area contributed by atoms with E-state index in [2.05, 4.69) is 9.72 Å².